The number of fused-ring (bicyclic) bond motifs is 1. The van der Waals surface area contributed by atoms with Gasteiger partial charge in [-0.2, -0.15) is 0 Å². The Balaban J connectivity index is 0.00000182. The highest BCUT2D eigenvalue weighted by Crippen LogP contribution is 2.36. The lowest BCUT2D eigenvalue weighted by Gasteiger charge is -2.38. The minimum atomic E-state index is -0.253. The molecule has 2 aromatic carbocycles. The SMILES string of the molecule is Cl.O=C(C1CCc2ccccc21)N1CCNCC1c1cccc(F)c1. The monoisotopic (exact) mass is 360 g/mol. The number of aryl methyl sites for hydroxylation is 1. The number of benzene rings is 2. The zero-order chi connectivity index (χ0) is 16.5. The van der Waals surface area contributed by atoms with Crippen molar-refractivity contribution < 1.29 is 9.18 Å². The van der Waals surface area contributed by atoms with Gasteiger partial charge in [-0.15, -0.1) is 12.4 Å². The fourth-order valence-corrected chi connectivity index (χ4v) is 3.99. The number of nitrogens with zero attached hydrogens (tertiary/aromatic N) is 1. The standard InChI is InChI=1S/C20H21FN2O.ClH/c21-16-6-3-5-15(12-16)19-13-22-10-11-23(19)20(24)18-9-8-14-4-1-2-7-17(14)18;/h1-7,12,18-19,22H,8-11,13H2;1H. The summed E-state index contributed by atoms with van der Waals surface area (Å²) < 4.78 is 13.6. The van der Waals surface area contributed by atoms with Gasteiger partial charge >= 0.3 is 0 Å². The van der Waals surface area contributed by atoms with Crippen LogP contribution in [0.15, 0.2) is 48.5 Å². The van der Waals surface area contributed by atoms with E-state index < -0.39 is 0 Å². The molecule has 2 aromatic rings. The second-order valence-corrected chi connectivity index (χ2v) is 6.60. The number of carbonyl (C=O) groups is 1. The summed E-state index contributed by atoms with van der Waals surface area (Å²) in [6.45, 7) is 2.12. The molecule has 2 unspecified atom stereocenters. The maximum absolute atomic E-state index is 13.6. The van der Waals surface area contributed by atoms with Crippen molar-refractivity contribution in [3.63, 3.8) is 0 Å². The predicted octanol–water partition coefficient (Wildman–Crippen LogP) is 3.45. The molecule has 0 aromatic heterocycles. The number of piperazine rings is 1. The van der Waals surface area contributed by atoms with Gasteiger partial charge in [0.15, 0.2) is 0 Å². The minimum Gasteiger partial charge on any atom is -0.333 e. The molecule has 0 spiro atoms. The van der Waals surface area contributed by atoms with Crippen LogP contribution in [-0.4, -0.2) is 30.4 Å². The Morgan fingerprint density at radius 2 is 2.00 bits per heavy atom. The second-order valence-electron chi connectivity index (χ2n) is 6.60. The van der Waals surface area contributed by atoms with Gasteiger partial charge in [-0.3, -0.25) is 4.79 Å². The normalized spacial score (nSPS) is 22.2. The van der Waals surface area contributed by atoms with Gasteiger partial charge in [0.05, 0.1) is 12.0 Å². The van der Waals surface area contributed by atoms with E-state index in [1.54, 1.807) is 12.1 Å². The molecule has 25 heavy (non-hydrogen) atoms. The molecule has 3 nitrogen and oxygen atoms in total. The van der Waals surface area contributed by atoms with Crippen molar-refractivity contribution >= 4 is 18.3 Å². The third-order valence-corrected chi connectivity index (χ3v) is 5.19. The van der Waals surface area contributed by atoms with Crippen LogP contribution in [0.4, 0.5) is 4.39 Å². The molecule has 4 rings (SSSR count). The summed E-state index contributed by atoms with van der Waals surface area (Å²) in [5.74, 6) is -0.136. The molecule has 1 amide bonds. The first kappa shape index (κ1) is 17.9. The van der Waals surface area contributed by atoms with E-state index in [0.717, 1.165) is 24.9 Å². The Bertz CT molecular complexity index is 767. The number of hydrogen-bond donors (Lipinski definition) is 1. The highest BCUT2D eigenvalue weighted by Gasteiger charge is 2.36. The Morgan fingerprint density at radius 3 is 2.84 bits per heavy atom. The largest absolute Gasteiger partial charge is 0.333 e. The summed E-state index contributed by atoms with van der Waals surface area (Å²) in [6, 6.07) is 14.7. The Morgan fingerprint density at radius 1 is 1.16 bits per heavy atom. The third kappa shape index (κ3) is 3.42. The molecule has 5 heteroatoms. The van der Waals surface area contributed by atoms with Crippen molar-refractivity contribution in [1.82, 2.24) is 10.2 Å². The molecule has 0 bridgehead atoms. The van der Waals surface area contributed by atoms with E-state index in [2.05, 4.69) is 17.4 Å². The Hall–Kier alpha value is -1.91. The quantitative estimate of drug-likeness (QED) is 0.889. The molecular weight excluding hydrogens is 339 g/mol. The zero-order valence-corrected chi connectivity index (χ0v) is 14.8. The number of halogens is 2. The first-order valence-electron chi connectivity index (χ1n) is 8.58. The first-order valence-corrected chi connectivity index (χ1v) is 8.58. The van der Waals surface area contributed by atoms with Gasteiger partial charge < -0.3 is 10.2 Å². The number of hydrogen-bond acceptors (Lipinski definition) is 2. The van der Waals surface area contributed by atoms with Crippen LogP contribution in [0.25, 0.3) is 0 Å². The maximum Gasteiger partial charge on any atom is 0.230 e. The maximum atomic E-state index is 13.6. The molecule has 0 radical (unpaired) electrons. The van der Waals surface area contributed by atoms with Gasteiger partial charge in [0.25, 0.3) is 0 Å². The summed E-state index contributed by atoms with van der Waals surface area (Å²) in [4.78, 5) is 15.2. The van der Waals surface area contributed by atoms with Crippen molar-refractivity contribution in [2.24, 2.45) is 0 Å². The van der Waals surface area contributed by atoms with Crippen LogP contribution in [0.5, 0.6) is 0 Å². The molecule has 1 aliphatic carbocycles. The second kappa shape index (κ2) is 7.54. The molecule has 0 saturated carbocycles. The van der Waals surface area contributed by atoms with Crippen LogP contribution < -0.4 is 5.32 Å². The fourth-order valence-electron chi connectivity index (χ4n) is 3.99. The van der Waals surface area contributed by atoms with Gasteiger partial charge in [0, 0.05) is 19.6 Å². The number of rotatable bonds is 2. The first-order chi connectivity index (χ1) is 11.7. The number of nitrogens with one attached hydrogen (secondary N) is 1. The molecule has 1 saturated heterocycles. The Labute approximate surface area is 153 Å². The fraction of sp³-hybridized carbons (Fsp3) is 0.350. The molecule has 1 heterocycles. The van der Waals surface area contributed by atoms with Crippen LogP contribution in [0.2, 0.25) is 0 Å². The van der Waals surface area contributed by atoms with Crippen molar-refractivity contribution in [2.45, 2.75) is 24.8 Å². The van der Waals surface area contributed by atoms with Crippen LogP contribution >= 0.6 is 12.4 Å². The molecule has 1 N–H and O–H groups in total. The van der Waals surface area contributed by atoms with Crippen molar-refractivity contribution in [3.05, 3.63) is 71.0 Å². The molecule has 1 aliphatic heterocycles. The average molecular weight is 361 g/mol. The molecule has 132 valence electrons. The minimum absolute atomic E-state index is 0. The summed E-state index contributed by atoms with van der Waals surface area (Å²) >= 11 is 0. The highest BCUT2D eigenvalue weighted by atomic mass is 35.5. The lowest BCUT2D eigenvalue weighted by molar-refractivity contribution is -0.136. The number of carbonyl (C=O) groups excluding carboxylic acids is 1. The predicted molar refractivity (Wildman–Crippen MR) is 98.5 cm³/mol. The van der Waals surface area contributed by atoms with E-state index in [9.17, 15) is 9.18 Å². The van der Waals surface area contributed by atoms with Gasteiger partial charge in [0.1, 0.15) is 5.82 Å². The van der Waals surface area contributed by atoms with Gasteiger partial charge in [-0.25, -0.2) is 4.39 Å². The van der Waals surface area contributed by atoms with E-state index >= 15 is 0 Å². The molecule has 2 aliphatic rings. The highest BCUT2D eigenvalue weighted by molar-refractivity contribution is 5.86. The summed E-state index contributed by atoms with van der Waals surface area (Å²) in [6.07, 6.45) is 1.83. The number of amides is 1. The van der Waals surface area contributed by atoms with E-state index in [-0.39, 0.29) is 36.1 Å². The lowest BCUT2D eigenvalue weighted by Crippen LogP contribution is -2.50. The van der Waals surface area contributed by atoms with Crippen molar-refractivity contribution in [3.8, 4) is 0 Å². The summed E-state index contributed by atoms with van der Waals surface area (Å²) in [7, 11) is 0. The third-order valence-electron chi connectivity index (χ3n) is 5.19. The van der Waals surface area contributed by atoms with Crippen LogP contribution in [0, 0.1) is 5.82 Å². The van der Waals surface area contributed by atoms with Crippen molar-refractivity contribution in [1.29, 1.82) is 0 Å². The van der Waals surface area contributed by atoms with E-state index in [0.29, 0.717) is 13.1 Å². The zero-order valence-electron chi connectivity index (χ0n) is 14.0. The lowest BCUT2D eigenvalue weighted by atomic mass is 9.96. The average Bonchev–Trinajstić information content (AvgIpc) is 3.05. The van der Waals surface area contributed by atoms with E-state index in [1.165, 1.54) is 17.2 Å². The van der Waals surface area contributed by atoms with Crippen LogP contribution in [-0.2, 0) is 11.2 Å². The smallest absolute Gasteiger partial charge is 0.230 e. The van der Waals surface area contributed by atoms with Gasteiger partial charge in [0.2, 0.25) is 5.91 Å². The van der Waals surface area contributed by atoms with Crippen molar-refractivity contribution in [2.75, 3.05) is 19.6 Å². The molecular formula is C20H22ClFN2O. The topological polar surface area (TPSA) is 32.3 Å². The van der Waals surface area contributed by atoms with E-state index in [1.807, 2.05) is 23.1 Å². The van der Waals surface area contributed by atoms with Crippen LogP contribution in [0.1, 0.15) is 35.1 Å². The van der Waals surface area contributed by atoms with Gasteiger partial charge in [-0.1, -0.05) is 36.4 Å². The summed E-state index contributed by atoms with van der Waals surface area (Å²) in [5, 5.41) is 3.33. The van der Waals surface area contributed by atoms with E-state index in [4.69, 9.17) is 0 Å². The summed E-state index contributed by atoms with van der Waals surface area (Å²) in [5.41, 5.74) is 3.31. The molecule has 1 fully saturated rings. The Kier molecular flexibility index (Phi) is 5.40. The van der Waals surface area contributed by atoms with Crippen LogP contribution in [0.3, 0.4) is 0 Å². The van der Waals surface area contributed by atoms with Gasteiger partial charge in [-0.05, 0) is 41.7 Å². The molecule has 2 atom stereocenters.